The molecule has 1 aromatic heterocycles. The van der Waals surface area contributed by atoms with E-state index in [0.29, 0.717) is 23.8 Å². The molecular formula is C15H15N3O2. The maximum absolute atomic E-state index is 11.6. The van der Waals surface area contributed by atoms with Gasteiger partial charge in [-0.3, -0.25) is 4.79 Å². The second-order valence-electron chi connectivity index (χ2n) is 4.87. The fourth-order valence-electron chi connectivity index (χ4n) is 1.82. The second-order valence-corrected chi connectivity index (χ2v) is 4.87. The monoisotopic (exact) mass is 269 g/mol. The summed E-state index contributed by atoms with van der Waals surface area (Å²) in [4.78, 5) is 19.8. The van der Waals surface area contributed by atoms with Gasteiger partial charge in [0.25, 0.3) is 0 Å². The van der Waals surface area contributed by atoms with E-state index in [1.807, 2.05) is 30.3 Å². The molecule has 1 saturated carbocycles. The molecule has 0 spiro atoms. The summed E-state index contributed by atoms with van der Waals surface area (Å²) in [5.74, 6) is 1.27. The van der Waals surface area contributed by atoms with Gasteiger partial charge in [0, 0.05) is 6.42 Å². The van der Waals surface area contributed by atoms with E-state index in [-0.39, 0.29) is 11.9 Å². The summed E-state index contributed by atoms with van der Waals surface area (Å²) >= 11 is 0. The van der Waals surface area contributed by atoms with Crippen LogP contribution >= 0.6 is 0 Å². The van der Waals surface area contributed by atoms with E-state index in [1.165, 1.54) is 0 Å². The molecule has 1 amide bonds. The van der Waals surface area contributed by atoms with E-state index in [0.717, 1.165) is 12.8 Å². The van der Waals surface area contributed by atoms with E-state index >= 15 is 0 Å². The van der Waals surface area contributed by atoms with Crippen molar-refractivity contribution in [3.63, 3.8) is 0 Å². The molecule has 1 N–H and O–H groups in total. The zero-order valence-electron chi connectivity index (χ0n) is 11.0. The summed E-state index contributed by atoms with van der Waals surface area (Å²) in [6.07, 6.45) is 6.01. The summed E-state index contributed by atoms with van der Waals surface area (Å²) in [5, 5.41) is 2.78. The van der Waals surface area contributed by atoms with Crippen LogP contribution in [0.25, 0.3) is 0 Å². The van der Waals surface area contributed by atoms with Crippen molar-refractivity contribution in [2.75, 3.05) is 5.32 Å². The van der Waals surface area contributed by atoms with Crippen LogP contribution in [0.1, 0.15) is 19.3 Å². The summed E-state index contributed by atoms with van der Waals surface area (Å²) in [6, 6.07) is 9.58. The summed E-state index contributed by atoms with van der Waals surface area (Å²) in [6.45, 7) is 0. The van der Waals surface area contributed by atoms with E-state index in [2.05, 4.69) is 15.3 Å². The molecule has 0 bridgehead atoms. The number of hydrogen-bond donors (Lipinski definition) is 1. The topological polar surface area (TPSA) is 64.1 Å². The molecule has 1 heterocycles. The average molecular weight is 269 g/mol. The molecule has 1 aliphatic rings. The van der Waals surface area contributed by atoms with Gasteiger partial charge in [0.2, 0.25) is 5.91 Å². The third-order valence-electron chi connectivity index (χ3n) is 3.04. The Labute approximate surface area is 117 Å². The van der Waals surface area contributed by atoms with Crippen molar-refractivity contribution >= 4 is 11.6 Å². The summed E-state index contributed by atoms with van der Waals surface area (Å²) in [5.41, 5.74) is 0.594. The van der Waals surface area contributed by atoms with Gasteiger partial charge in [-0.1, -0.05) is 18.2 Å². The van der Waals surface area contributed by atoms with Crippen molar-refractivity contribution in [3.8, 4) is 11.8 Å². The van der Waals surface area contributed by atoms with Crippen LogP contribution in [0.4, 0.5) is 5.69 Å². The van der Waals surface area contributed by atoms with Crippen LogP contribution in [0.3, 0.4) is 0 Å². The molecule has 0 atom stereocenters. The molecule has 1 aliphatic carbocycles. The van der Waals surface area contributed by atoms with Gasteiger partial charge in [-0.05, 0) is 30.9 Å². The number of amides is 1. The molecule has 0 radical (unpaired) electrons. The number of carbonyl (C=O) groups excluding carboxylic acids is 1. The van der Waals surface area contributed by atoms with E-state index < -0.39 is 0 Å². The molecular weight excluding hydrogens is 254 g/mol. The van der Waals surface area contributed by atoms with Gasteiger partial charge in [-0.2, -0.15) is 0 Å². The van der Waals surface area contributed by atoms with Crippen molar-refractivity contribution in [2.24, 2.45) is 5.92 Å². The first-order valence-corrected chi connectivity index (χ1v) is 6.64. The quantitative estimate of drug-likeness (QED) is 0.906. The minimum Gasteiger partial charge on any atom is -0.424 e. The van der Waals surface area contributed by atoms with Gasteiger partial charge in [0.05, 0.1) is 18.1 Å². The standard InChI is InChI=1S/C15H15N3O2/c19-14(8-11-6-7-11)18-12-9-16-15(17-10-12)20-13-4-2-1-3-5-13/h1-5,9-11H,6-8H2,(H,18,19). The fourth-order valence-corrected chi connectivity index (χ4v) is 1.82. The Balaban J connectivity index is 1.57. The molecule has 102 valence electrons. The molecule has 3 rings (SSSR count). The second kappa shape index (κ2) is 5.69. The van der Waals surface area contributed by atoms with Crippen LogP contribution < -0.4 is 10.1 Å². The number of para-hydroxylation sites is 1. The predicted molar refractivity (Wildman–Crippen MR) is 74.5 cm³/mol. The van der Waals surface area contributed by atoms with Gasteiger partial charge >= 0.3 is 6.01 Å². The van der Waals surface area contributed by atoms with Gasteiger partial charge in [0.1, 0.15) is 5.75 Å². The van der Waals surface area contributed by atoms with Crippen LogP contribution in [-0.2, 0) is 4.79 Å². The summed E-state index contributed by atoms with van der Waals surface area (Å²) < 4.78 is 5.48. The minimum atomic E-state index is 0.0211. The molecule has 1 fully saturated rings. The van der Waals surface area contributed by atoms with Crippen LogP contribution in [-0.4, -0.2) is 15.9 Å². The van der Waals surface area contributed by atoms with E-state index in [4.69, 9.17) is 4.74 Å². The highest BCUT2D eigenvalue weighted by Gasteiger charge is 2.24. The van der Waals surface area contributed by atoms with Crippen molar-refractivity contribution in [3.05, 3.63) is 42.7 Å². The number of ether oxygens (including phenoxy) is 1. The molecule has 20 heavy (non-hydrogen) atoms. The van der Waals surface area contributed by atoms with Gasteiger partial charge < -0.3 is 10.1 Å². The Morgan fingerprint density at radius 1 is 1.20 bits per heavy atom. The van der Waals surface area contributed by atoms with Crippen LogP contribution in [0.2, 0.25) is 0 Å². The Bertz CT molecular complexity index is 580. The number of carbonyl (C=O) groups is 1. The van der Waals surface area contributed by atoms with Crippen molar-refractivity contribution in [2.45, 2.75) is 19.3 Å². The molecule has 1 aromatic carbocycles. The Kier molecular flexibility index (Phi) is 3.58. The normalized spacial score (nSPS) is 13.8. The highest BCUT2D eigenvalue weighted by atomic mass is 16.5. The van der Waals surface area contributed by atoms with Gasteiger partial charge in [-0.15, -0.1) is 0 Å². The highest BCUT2D eigenvalue weighted by molar-refractivity contribution is 5.90. The van der Waals surface area contributed by atoms with Crippen LogP contribution in [0.5, 0.6) is 11.8 Å². The Hall–Kier alpha value is -2.43. The number of nitrogens with zero attached hydrogens (tertiary/aromatic N) is 2. The number of rotatable bonds is 5. The number of nitrogens with one attached hydrogen (secondary N) is 1. The lowest BCUT2D eigenvalue weighted by Crippen LogP contribution is -2.12. The number of aromatic nitrogens is 2. The van der Waals surface area contributed by atoms with Crippen LogP contribution in [0, 0.1) is 5.92 Å². The van der Waals surface area contributed by atoms with Gasteiger partial charge in [-0.25, -0.2) is 9.97 Å². The first-order chi connectivity index (χ1) is 9.79. The maximum atomic E-state index is 11.6. The molecule has 0 aliphatic heterocycles. The smallest absolute Gasteiger partial charge is 0.322 e. The molecule has 0 saturated heterocycles. The van der Waals surface area contributed by atoms with E-state index in [9.17, 15) is 4.79 Å². The lowest BCUT2D eigenvalue weighted by molar-refractivity contribution is -0.116. The van der Waals surface area contributed by atoms with Crippen molar-refractivity contribution in [1.29, 1.82) is 0 Å². The van der Waals surface area contributed by atoms with Crippen LogP contribution in [0.15, 0.2) is 42.7 Å². The lowest BCUT2D eigenvalue weighted by Gasteiger charge is -2.05. The lowest BCUT2D eigenvalue weighted by atomic mass is 10.3. The average Bonchev–Trinajstić information content (AvgIpc) is 3.26. The fraction of sp³-hybridized carbons (Fsp3) is 0.267. The number of hydrogen-bond acceptors (Lipinski definition) is 4. The predicted octanol–water partition coefficient (Wildman–Crippen LogP) is 3.01. The Morgan fingerprint density at radius 3 is 2.55 bits per heavy atom. The molecule has 2 aromatic rings. The zero-order chi connectivity index (χ0) is 13.8. The Morgan fingerprint density at radius 2 is 1.90 bits per heavy atom. The largest absolute Gasteiger partial charge is 0.424 e. The highest BCUT2D eigenvalue weighted by Crippen LogP contribution is 2.32. The van der Waals surface area contributed by atoms with Crippen molar-refractivity contribution in [1.82, 2.24) is 9.97 Å². The zero-order valence-corrected chi connectivity index (χ0v) is 11.0. The molecule has 5 nitrogen and oxygen atoms in total. The first-order valence-electron chi connectivity index (χ1n) is 6.64. The number of anilines is 1. The molecule has 5 heteroatoms. The number of benzene rings is 1. The minimum absolute atomic E-state index is 0.0211. The SMILES string of the molecule is O=C(CC1CC1)Nc1cnc(Oc2ccccc2)nc1. The van der Waals surface area contributed by atoms with Crippen molar-refractivity contribution < 1.29 is 9.53 Å². The maximum Gasteiger partial charge on any atom is 0.322 e. The first kappa shape index (κ1) is 12.6. The third-order valence-corrected chi connectivity index (χ3v) is 3.04. The molecule has 0 unspecified atom stereocenters. The van der Waals surface area contributed by atoms with E-state index in [1.54, 1.807) is 12.4 Å². The summed E-state index contributed by atoms with van der Waals surface area (Å²) in [7, 11) is 0. The third kappa shape index (κ3) is 3.54. The van der Waals surface area contributed by atoms with Gasteiger partial charge in [0.15, 0.2) is 0 Å².